The fraction of sp³-hybridized carbons (Fsp3) is 0.118. The number of furan rings is 1. The lowest BCUT2D eigenvalue weighted by Crippen LogP contribution is -2.22. The van der Waals surface area contributed by atoms with Crippen LogP contribution in [0.4, 0.5) is 5.00 Å². The Balaban J connectivity index is 1.65. The minimum atomic E-state index is -0.344. The molecular weight excluding hydrogens is 326 g/mol. The number of amides is 2. The number of hydrogen-bond donors (Lipinski definition) is 2. The highest BCUT2D eigenvalue weighted by atomic mass is 32.1. The maximum Gasteiger partial charge on any atom is 0.291 e. The van der Waals surface area contributed by atoms with Crippen molar-refractivity contribution in [2.75, 3.05) is 5.32 Å². The van der Waals surface area contributed by atoms with E-state index in [1.165, 1.54) is 17.6 Å². The number of carbonyl (C=O) groups is 2. The Labute approximate surface area is 142 Å². The second kappa shape index (κ2) is 7.10. The first-order valence-corrected chi connectivity index (χ1v) is 8.07. The predicted molar refractivity (Wildman–Crippen MR) is 91.1 cm³/mol. The van der Waals surface area contributed by atoms with Crippen LogP contribution in [0.25, 0.3) is 0 Å². The molecule has 122 valence electrons. The molecule has 3 heterocycles. The third-order valence-corrected chi connectivity index (χ3v) is 4.43. The fourth-order valence-electron chi connectivity index (χ4n) is 2.12. The number of hydrogen-bond acceptors (Lipinski definition) is 5. The van der Waals surface area contributed by atoms with E-state index in [0.717, 1.165) is 11.1 Å². The summed E-state index contributed by atoms with van der Waals surface area (Å²) in [5, 5.41) is 6.18. The van der Waals surface area contributed by atoms with Crippen LogP contribution in [0.1, 0.15) is 31.4 Å². The summed E-state index contributed by atoms with van der Waals surface area (Å²) in [5.74, 6) is -0.299. The van der Waals surface area contributed by atoms with Crippen molar-refractivity contribution < 1.29 is 14.0 Å². The number of thiophene rings is 1. The van der Waals surface area contributed by atoms with Gasteiger partial charge in [0.05, 0.1) is 16.1 Å². The van der Waals surface area contributed by atoms with Crippen molar-refractivity contribution >= 4 is 28.2 Å². The van der Waals surface area contributed by atoms with Crippen molar-refractivity contribution in [1.29, 1.82) is 0 Å². The van der Waals surface area contributed by atoms with E-state index in [1.54, 1.807) is 30.6 Å². The lowest BCUT2D eigenvalue weighted by molar-refractivity contribution is 0.0953. The van der Waals surface area contributed by atoms with Gasteiger partial charge in [0.1, 0.15) is 0 Å². The quantitative estimate of drug-likeness (QED) is 0.746. The number of carbonyl (C=O) groups excluding carboxylic acids is 2. The van der Waals surface area contributed by atoms with Gasteiger partial charge in [-0.3, -0.25) is 14.6 Å². The summed E-state index contributed by atoms with van der Waals surface area (Å²) in [4.78, 5) is 28.9. The van der Waals surface area contributed by atoms with E-state index < -0.39 is 0 Å². The van der Waals surface area contributed by atoms with Gasteiger partial charge in [-0.2, -0.15) is 0 Å². The third kappa shape index (κ3) is 3.69. The van der Waals surface area contributed by atoms with Crippen LogP contribution in [0, 0.1) is 6.92 Å². The highest BCUT2D eigenvalue weighted by Gasteiger charge is 2.16. The highest BCUT2D eigenvalue weighted by molar-refractivity contribution is 7.18. The Bertz CT molecular complexity index is 841. The molecule has 0 aliphatic carbocycles. The smallest absolute Gasteiger partial charge is 0.291 e. The van der Waals surface area contributed by atoms with E-state index in [1.807, 2.05) is 19.1 Å². The molecule has 3 aromatic heterocycles. The van der Waals surface area contributed by atoms with Crippen LogP contribution in [0.2, 0.25) is 0 Å². The zero-order chi connectivity index (χ0) is 16.9. The van der Waals surface area contributed by atoms with Crippen LogP contribution in [-0.4, -0.2) is 16.8 Å². The van der Waals surface area contributed by atoms with E-state index in [0.29, 0.717) is 16.4 Å². The first kappa shape index (κ1) is 15.9. The summed E-state index contributed by atoms with van der Waals surface area (Å²) in [6.45, 7) is 2.23. The molecule has 0 saturated carbocycles. The molecule has 0 radical (unpaired) electrons. The zero-order valence-corrected chi connectivity index (χ0v) is 13.7. The molecule has 0 unspecified atom stereocenters. The average molecular weight is 341 g/mol. The van der Waals surface area contributed by atoms with Crippen molar-refractivity contribution in [3.8, 4) is 0 Å². The van der Waals surface area contributed by atoms with E-state index in [9.17, 15) is 9.59 Å². The Morgan fingerprint density at radius 2 is 2.12 bits per heavy atom. The lowest BCUT2D eigenvalue weighted by Gasteiger charge is -2.04. The van der Waals surface area contributed by atoms with E-state index in [-0.39, 0.29) is 17.6 Å². The second-order valence-corrected chi connectivity index (χ2v) is 6.15. The first-order valence-electron chi connectivity index (χ1n) is 7.26. The van der Waals surface area contributed by atoms with Crippen LogP contribution in [0.5, 0.6) is 0 Å². The number of nitrogens with one attached hydrogen (secondary N) is 2. The van der Waals surface area contributed by atoms with Crippen LogP contribution in [-0.2, 0) is 6.54 Å². The lowest BCUT2D eigenvalue weighted by atomic mass is 10.2. The van der Waals surface area contributed by atoms with Gasteiger partial charge in [-0.05, 0) is 42.3 Å². The van der Waals surface area contributed by atoms with Crippen molar-refractivity contribution in [1.82, 2.24) is 10.3 Å². The number of aryl methyl sites for hydroxylation is 1. The van der Waals surface area contributed by atoms with Gasteiger partial charge in [0.25, 0.3) is 11.8 Å². The molecule has 3 rings (SSSR count). The number of pyridine rings is 1. The van der Waals surface area contributed by atoms with Crippen molar-refractivity contribution in [3.05, 3.63) is 70.8 Å². The Hall–Kier alpha value is -2.93. The molecule has 0 saturated heterocycles. The van der Waals surface area contributed by atoms with Crippen LogP contribution in [0.3, 0.4) is 0 Å². The van der Waals surface area contributed by atoms with Gasteiger partial charge in [0.15, 0.2) is 5.76 Å². The third-order valence-electron chi connectivity index (χ3n) is 3.28. The Morgan fingerprint density at radius 3 is 2.83 bits per heavy atom. The van der Waals surface area contributed by atoms with Crippen LogP contribution < -0.4 is 10.6 Å². The molecule has 0 aliphatic heterocycles. The molecule has 0 bridgehead atoms. The van der Waals surface area contributed by atoms with Gasteiger partial charge in [0.2, 0.25) is 0 Å². The summed E-state index contributed by atoms with van der Waals surface area (Å²) in [5.41, 5.74) is 1.73. The standard InChI is InChI=1S/C17H15N3O3S/c1-11-8-14(20-16(21)13-5-3-7-23-13)24-15(11)17(22)19-10-12-4-2-6-18-9-12/h2-9H,10H2,1H3,(H,19,22)(H,20,21). The molecule has 6 nitrogen and oxygen atoms in total. The Morgan fingerprint density at radius 1 is 1.25 bits per heavy atom. The normalized spacial score (nSPS) is 10.4. The Kier molecular flexibility index (Phi) is 4.72. The molecule has 0 spiro atoms. The maximum atomic E-state index is 12.3. The first-order chi connectivity index (χ1) is 11.6. The summed E-state index contributed by atoms with van der Waals surface area (Å²) in [7, 11) is 0. The maximum absolute atomic E-state index is 12.3. The summed E-state index contributed by atoms with van der Waals surface area (Å²) >= 11 is 1.23. The number of rotatable bonds is 5. The molecule has 24 heavy (non-hydrogen) atoms. The number of anilines is 1. The van der Waals surface area contributed by atoms with Gasteiger partial charge in [-0.15, -0.1) is 11.3 Å². The van der Waals surface area contributed by atoms with Crippen molar-refractivity contribution in [2.24, 2.45) is 0 Å². The minimum Gasteiger partial charge on any atom is -0.459 e. The predicted octanol–water partition coefficient (Wildman–Crippen LogP) is 3.23. The molecule has 0 aromatic carbocycles. The largest absolute Gasteiger partial charge is 0.459 e. The van der Waals surface area contributed by atoms with Gasteiger partial charge < -0.3 is 15.1 Å². The molecule has 3 aromatic rings. The second-order valence-electron chi connectivity index (χ2n) is 5.10. The van der Waals surface area contributed by atoms with Gasteiger partial charge >= 0.3 is 0 Å². The number of nitrogens with zero attached hydrogens (tertiary/aromatic N) is 1. The van der Waals surface area contributed by atoms with E-state index >= 15 is 0 Å². The molecular formula is C17H15N3O3S. The summed E-state index contributed by atoms with van der Waals surface area (Å²) in [6.07, 6.45) is 4.82. The summed E-state index contributed by atoms with van der Waals surface area (Å²) < 4.78 is 5.05. The van der Waals surface area contributed by atoms with Crippen LogP contribution in [0.15, 0.2) is 53.4 Å². The monoisotopic (exact) mass is 341 g/mol. The average Bonchev–Trinajstić information content (AvgIpc) is 3.23. The molecule has 0 fully saturated rings. The topological polar surface area (TPSA) is 84.2 Å². The van der Waals surface area contributed by atoms with Crippen molar-refractivity contribution in [3.63, 3.8) is 0 Å². The van der Waals surface area contributed by atoms with Gasteiger partial charge in [-0.25, -0.2) is 0 Å². The molecule has 7 heteroatoms. The van der Waals surface area contributed by atoms with Crippen molar-refractivity contribution in [2.45, 2.75) is 13.5 Å². The molecule has 0 aliphatic rings. The molecule has 0 atom stereocenters. The zero-order valence-electron chi connectivity index (χ0n) is 12.9. The molecule has 2 amide bonds. The van der Waals surface area contributed by atoms with E-state index in [2.05, 4.69) is 15.6 Å². The highest BCUT2D eigenvalue weighted by Crippen LogP contribution is 2.27. The van der Waals surface area contributed by atoms with Crippen LogP contribution >= 0.6 is 11.3 Å². The minimum absolute atomic E-state index is 0.181. The van der Waals surface area contributed by atoms with Gasteiger partial charge in [0, 0.05) is 18.9 Å². The van der Waals surface area contributed by atoms with Gasteiger partial charge in [-0.1, -0.05) is 6.07 Å². The van der Waals surface area contributed by atoms with E-state index in [4.69, 9.17) is 4.42 Å². The number of aromatic nitrogens is 1. The molecule has 2 N–H and O–H groups in total. The SMILES string of the molecule is Cc1cc(NC(=O)c2ccco2)sc1C(=O)NCc1cccnc1. The fourth-order valence-corrected chi connectivity index (χ4v) is 3.10. The summed E-state index contributed by atoms with van der Waals surface area (Å²) in [6, 6.07) is 8.71.